The van der Waals surface area contributed by atoms with Crippen molar-refractivity contribution < 1.29 is 4.79 Å². The van der Waals surface area contributed by atoms with Crippen LogP contribution in [0.15, 0.2) is 78.0 Å². The summed E-state index contributed by atoms with van der Waals surface area (Å²) >= 11 is 6.05. The van der Waals surface area contributed by atoms with Gasteiger partial charge in [0, 0.05) is 35.8 Å². The number of para-hydroxylation sites is 2. The first kappa shape index (κ1) is 24.4. The van der Waals surface area contributed by atoms with Crippen molar-refractivity contribution in [3.8, 4) is 5.69 Å². The van der Waals surface area contributed by atoms with Crippen molar-refractivity contribution >= 4 is 39.3 Å². The Kier molecular flexibility index (Phi) is 6.45. The summed E-state index contributed by atoms with van der Waals surface area (Å²) in [6.45, 7) is 2.45. The molecule has 6 rings (SSSR count). The van der Waals surface area contributed by atoms with Gasteiger partial charge >= 0.3 is 5.69 Å². The zero-order chi connectivity index (χ0) is 26.2. The van der Waals surface area contributed by atoms with Crippen molar-refractivity contribution in [2.24, 2.45) is 5.92 Å². The van der Waals surface area contributed by atoms with Gasteiger partial charge in [0.05, 0.1) is 39.2 Å². The average molecular weight is 526 g/mol. The van der Waals surface area contributed by atoms with E-state index in [-0.39, 0.29) is 17.6 Å². The molecule has 1 amide bonds. The second-order valence-electron chi connectivity index (χ2n) is 10.1. The molecule has 0 radical (unpaired) electrons. The second kappa shape index (κ2) is 10.1. The zero-order valence-corrected chi connectivity index (χ0v) is 21.9. The molecule has 3 aromatic heterocycles. The van der Waals surface area contributed by atoms with Crippen LogP contribution in [0.1, 0.15) is 41.7 Å². The summed E-state index contributed by atoms with van der Waals surface area (Å²) in [7, 11) is 0. The number of aryl methyl sites for hydroxylation is 1. The molecule has 0 spiro atoms. The van der Waals surface area contributed by atoms with Gasteiger partial charge in [-0.1, -0.05) is 48.0 Å². The van der Waals surface area contributed by atoms with Crippen LogP contribution < -0.4 is 11.0 Å². The van der Waals surface area contributed by atoms with Gasteiger partial charge in [0.1, 0.15) is 0 Å². The lowest BCUT2D eigenvalue weighted by molar-refractivity contribution is 0.0919. The molecule has 7 nitrogen and oxygen atoms in total. The van der Waals surface area contributed by atoms with Crippen LogP contribution in [-0.2, 0) is 6.54 Å². The monoisotopic (exact) mass is 525 g/mol. The van der Waals surface area contributed by atoms with E-state index in [1.165, 1.54) is 0 Å². The highest BCUT2D eigenvalue weighted by Crippen LogP contribution is 2.29. The van der Waals surface area contributed by atoms with Crippen LogP contribution in [0.2, 0.25) is 5.02 Å². The first-order valence-corrected chi connectivity index (χ1v) is 13.3. The molecule has 8 heteroatoms. The van der Waals surface area contributed by atoms with E-state index in [4.69, 9.17) is 11.6 Å². The third-order valence-electron chi connectivity index (χ3n) is 7.64. The number of nitrogens with zero attached hydrogens (tertiary/aromatic N) is 4. The SMILES string of the molecule is Cc1ncc(Cl)cc1C(=O)NC1CCC(Cn2c(=O)n(-c3cncc4ccccc34)c3ccccc32)CC1. The van der Waals surface area contributed by atoms with Crippen LogP contribution in [0, 0.1) is 12.8 Å². The maximum atomic E-state index is 13.9. The molecule has 5 aromatic rings. The summed E-state index contributed by atoms with van der Waals surface area (Å²) in [4.78, 5) is 35.3. The fourth-order valence-electron chi connectivity index (χ4n) is 5.64. The van der Waals surface area contributed by atoms with Gasteiger partial charge in [-0.05, 0) is 56.7 Å². The fraction of sp³-hybridized carbons (Fsp3) is 0.267. The number of fused-ring (bicyclic) bond motifs is 2. The number of nitrogens with one attached hydrogen (secondary N) is 1. The Morgan fingerprint density at radius 2 is 1.74 bits per heavy atom. The Morgan fingerprint density at radius 3 is 2.55 bits per heavy atom. The van der Waals surface area contributed by atoms with Gasteiger partial charge in [-0.3, -0.25) is 23.9 Å². The molecule has 0 unspecified atom stereocenters. The van der Waals surface area contributed by atoms with Crippen molar-refractivity contribution in [1.29, 1.82) is 0 Å². The summed E-state index contributed by atoms with van der Waals surface area (Å²) in [5.41, 5.74) is 3.72. The van der Waals surface area contributed by atoms with Gasteiger partial charge in [-0.2, -0.15) is 0 Å². The van der Waals surface area contributed by atoms with Gasteiger partial charge in [0.15, 0.2) is 0 Å². The van der Waals surface area contributed by atoms with Crippen molar-refractivity contribution in [2.75, 3.05) is 0 Å². The highest BCUT2D eigenvalue weighted by Gasteiger charge is 2.26. The Labute approximate surface area is 225 Å². The molecular formula is C30H28ClN5O2. The lowest BCUT2D eigenvalue weighted by Crippen LogP contribution is -2.39. The Bertz CT molecular complexity index is 1710. The van der Waals surface area contributed by atoms with E-state index in [0.29, 0.717) is 28.7 Å². The molecule has 1 saturated carbocycles. The largest absolute Gasteiger partial charge is 0.349 e. The summed E-state index contributed by atoms with van der Waals surface area (Å²) < 4.78 is 3.69. The van der Waals surface area contributed by atoms with Crippen LogP contribution in [0.4, 0.5) is 0 Å². The fourth-order valence-corrected chi connectivity index (χ4v) is 5.80. The topological polar surface area (TPSA) is 81.8 Å². The molecule has 0 atom stereocenters. The molecular weight excluding hydrogens is 498 g/mol. The lowest BCUT2D eigenvalue weighted by Gasteiger charge is -2.29. The maximum Gasteiger partial charge on any atom is 0.333 e. The van der Waals surface area contributed by atoms with E-state index in [9.17, 15) is 9.59 Å². The van der Waals surface area contributed by atoms with Crippen LogP contribution in [0.5, 0.6) is 0 Å². The van der Waals surface area contributed by atoms with Crippen LogP contribution in [0.25, 0.3) is 27.5 Å². The van der Waals surface area contributed by atoms with Gasteiger partial charge in [0.2, 0.25) is 0 Å². The second-order valence-corrected chi connectivity index (χ2v) is 10.5. The summed E-state index contributed by atoms with van der Waals surface area (Å²) in [5.74, 6) is 0.212. The number of aromatic nitrogens is 4. The van der Waals surface area contributed by atoms with E-state index in [0.717, 1.165) is 53.2 Å². The number of amides is 1. The van der Waals surface area contributed by atoms with Gasteiger partial charge in [-0.15, -0.1) is 0 Å². The highest BCUT2D eigenvalue weighted by atomic mass is 35.5. The van der Waals surface area contributed by atoms with Crippen molar-refractivity contribution in [3.63, 3.8) is 0 Å². The predicted octanol–water partition coefficient (Wildman–Crippen LogP) is 5.69. The van der Waals surface area contributed by atoms with E-state index in [1.807, 2.05) is 66.2 Å². The third-order valence-corrected chi connectivity index (χ3v) is 7.85. The summed E-state index contributed by atoms with van der Waals surface area (Å²) in [6, 6.07) is 17.7. The van der Waals surface area contributed by atoms with Crippen molar-refractivity contribution in [3.05, 3.63) is 100.0 Å². The Hall–Kier alpha value is -3.97. The number of hydrogen-bond acceptors (Lipinski definition) is 4. The van der Waals surface area contributed by atoms with Crippen LogP contribution >= 0.6 is 11.6 Å². The molecule has 2 aromatic carbocycles. The van der Waals surface area contributed by atoms with Crippen LogP contribution in [0.3, 0.4) is 0 Å². The number of carbonyl (C=O) groups excluding carboxylic acids is 1. The molecule has 1 N–H and O–H groups in total. The van der Waals surface area contributed by atoms with E-state index >= 15 is 0 Å². The number of rotatable bonds is 5. The van der Waals surface area contributed by atoms with E-state index in [1.54, 1.807) is 23.0 Å². The van der Waals surface area contributed by atoms with Crippen molar-refractivity contribution in [2.45, 2.75) is 45.2 Å². The zero-order valence-electron chi connectivity index (χ0n) is 21.1. The van der Waals surface area contributed by atoms with Gasteiger partial charge in [-0.25, -0.2) is 4.79 Å². The quantitative estimate of drug-likeness (QED) is 0.320. The molecule has 1 fully saturated rings. The number of carbonyl (C=O) groups is 1. The highest BCUT2D eigenvalue weighted by molar-refractivity contribution is 6.30. The molecule has 0 saturated heterocycles. The third kappa shape index (κ3) is 4.47. The molecule has 192 valence electrons. The molecule has 0 aliphatic heterocycles. The molecule has 1 aliphatic rings. The predicted molar refractivity (Wildman–Crippen MR) is 150 cm³/mol. The molecule has 3 heterocycles. The van der Waals surface area contributed by atoms with Gasteiger partial charge < -0.3 is 5.32 Å². The number of hydrogen-bond donors (Lipinski definition) is 1. The Morgan fingerprint density at radius 1 is 1.00 bits per heavy atom. The first-order valence-electron chi connectivity index (χ1n) is 13.0. The number of halogens is 1. The average Bonchev–Trinajstić information content (AvgIpc) is 3.21. The minimum absolute atomic E-state index is 0.0521. The Balaban J connectivity index is 1.23. The minimum atomic E-state index is -0.135. The molecule has 0 bridgehead atoms. The van der Waals surface area contributed by atoms with E-state index in [2.05, 4.69) is 15.3 Å². The van der Waals surface area contributed by atoms with E-state index < -0.39 is 0 Å². The smallest absolute Gasteiger partial charge is 0.333 e. The lowest BCUT2D eigenvalue weighted by atomic mass is 9.85. The summed E-state index contributed by atoms with van der Waals surface area (Å²) in [5, 5.41) is 5.60. The number of pyridine rings is 2. The van der Waals surface area contributed by atoms with Gasteiger partial charge in [0.25, 0.3) is 5.91 Å². The first-order chi connectivity index (χ1) is 18.5. The molecule has 38 heavy (non-hydrogen) atoms. The standard InChI is InChI=1S/C30H28ClN5O2/c1-19-25(14-22(31)16-33-19)29(37)34-23-12-10-20(11-13-23)18-35-26-8-4-5-9-27(26)36(30(35)38)28-17-32-15-21-6-2-3-7-24(21)28/h2-9,14-17,20,23H,10-13,18H2,1H3,(H,34,37). The number of imidazole rings is 1. The molecule has 1 aliphatic carbocycles. The number of benzene rings is 2. The summed E-state index contributed by atoms with van der Waals surface area (Å²) in [6.07, 6.45) is 8.73. The van der Waals surface area contributed by atoms with Crippen LogP contribution in [-0.4, -0.2) is 31.1 Å². The van der Waals surface area contributed by atoms with Crippen molar-refractivity contribution in [1.82, 2.24) is 24.4 Å². The maximum absolute atomic E-state index is 13.9. The normalized spacial score (nSPS) is 17.6. The minimum Gasteiger partial charge on any atom is -0.349 e.